The first-order valence-corrected chi connectivity index (χ1v) is 11.8. The predicted molar refractivity (Wildman–Crippen MR) is 142 cm³/mol. The number of aromatic nitrogens is 5. The Kier molecular flexibility index (Phi) is 5.68. The largest absolute Gasteiger partial charge is 0.496 e. The van der Waals surface area contributed by atoms with Gasteiger partial charge in [-0.05, 0) is 35.9 Å². The first-order chi connectivity index (χ1) is 18.5. The number of ether oxygens (including phenoxy) is 1. The Balaban J connectivity index is 1.28. The van der Waals surface area contributed by atoms with Crippen LogP contribution in [0.2, 0.25) is 0 Å². The van der Waals surface area contributed by atoms with E-state index in [-0.39, 0.29) is 12.1 Å². The number of methoxy groups -OCH3 is 1. The Morgan fingerprint density at radius 2 is 1.95 bits per heavy atom. The van der Waals surface area contributed by atoms with Crippen molar-refractivity contribution in [3.63, 3.8) is 0 Å². The molecule has 0 atom stereocenters. The van der Waals surface area contributed by atoms with Crippen LogP contribution in [0.4, 0.5) is 10.2 Å². The summed E-state index contributed by atoms with van der Waals surface area (Å²) in [4.78, 5) is 21.9. The number of nitrogens with two attached hydrogens (primary N) is 1. The molecule has 0 radical (unpaired) electrons. The third kappa shape index (κ3) is 3.97. The van der Waals surface area contributed by atoms with E-state index in [0.29, 0.717) is 22.6 Å². The fourth-order valence-corrected chi connectivity index (χ4v) is 4.54. The van der Waals surface area contributed by atoms with Gasteiger partial charge in [0, 0.05) is 42.5 Å². The summed E-state index contributed by atoms with van der Waals surface area (Å²) >= 11 is 0. The fourth-order valence-electron chi connectivity index (χ4n) is 4.54. The molecule has 2 aromatic carbocycles. The van der Waals surface area contributed by atoms with Crippen LogP contribution in [-0.4, -0.2) is 37.6 Å². The van der Waals surface area contributed by atoms with Crippen LogP contribution in [0, 0.1) is 5.82 Å². The maximum atomic E-state index is 13.6. The van der Waals surface area contributed by atoms with E-state index in [1.54, 1.807) is 12.4 Å². The van der Waals surface area contributed by atoms with Crippen LogP contribution >= 0.6 is 0 Å². The molecule has 1 amide bonds. The minimum absolute atomic E-state index is 0.136. The van der Waals surface area contributed by atoms with E-state index in [0.717, 1.165) is 39.5 Å². The highest BCUT2D eigenvalue weighted by Gasteiger charge is 2.19. The standard InChI is InChI=1S/C28H22FN7O2/c1-38-22-9-8-18(29)13-19(22)28(37)33-14-16-4-6-17(7-5-16)24-23-26(34-35-27(23)30)20(15-32-24)25-21-3-2-11-36(21)12-10-31-25/h2-13,15H,14H2,1H3,(H,33,37)(H3,30,34,35). The number of aromatic amines is 1. The van der Waals surface area contributed by atoms with E-state index in [4.69, 9.17) is 15.5 Å². The number of fused-ring (bicyclic) bond motifs is 2. The zero-order chi connectivity index (χ0) is 26.2. The lowest BCUT2D eigenvalue weighted by atomic mass is 10.0. The topological polar surface area (TPSA) is 123 Å². The van der Waals surface area contributed by atoms with E-state index < -0.39 is 11.7 Å². The highest BCUT2D eigenvalue weighted by atomic mass is 19.1. The molecule has 0 bridgehead atoms. The fraction of sp³-hybridized carbons (Fsp3) is 0.0714. The summed E-state index contributed by atoms with van der Waals surface area (Å²) in [6, 6.07) is 15.4. The molecule has 4 aromatic heterocycles. The van der Waals surface area contributed by atoms with Crippen LogP contribution in [0.5, 0.6) is 5.75 Å². The second kappa shape index (κ2) is 9.32. The molecule has 0 aliphatic heterocycles. The maximum absolute atomic E-state index is 13.6. The molecule has 4 N–H and O–H groups in total. The van der Waals surface area contributed by atoms with Crippen molar-refractivity contribution < 1.29 is 13.9 Å². The van der Waals surface area contributed by atoms with Crippen molar-refractivity contribution in [2.24, 2.45) is 0 Å². The number of hydrogen-bond donors (Lipinski definition) is 3. The molecule has 10 heteroatoms. The molecule has 0 saturated carbocycles. The molecule has 0 saturated heterocycles. The molecule has 188 valence electrons. The molecule has 38 heavy (non-hydrogen) atoms. The molecule has 6 aromatic rings. The second-order valence-corrected chi connectivity index (χ2v) is 8.68. The molecule has 0 unspecified atom stereocenters. The lowest BCUT2D eigenvalue weighted by Gasteiger charge is -2.11. The summed E-state index contributed by atoms with van der Waals surface area (Å²) < 4.78 is 20.8. The molecule has 4 heterocycles. The van der Waals surface area contributed by atoms with Crippen LogP contribution in [0.1, 0.15) is 15.9 Å². The summed E-state index contributed by atoms with van der Waals surface area (Å²) in [6.07, 6.45) is 7.35. The molecule has 9 nitrogen and oxygen atoms in total. The van der Waals surface area contributed by atoms with Crippen molar-refractivity contribution in [3.05, 3.63) is 96.3 Å². The van der Waals surface area contributed by atoms with Crippen LogP contribution in [0.25, 0.3) is 38.9 Å². The van der Waals surface area contributed by atoms with Gasteiger partial charge in [-0.15, -0.1) is 0 Å². The number of nitrogens with one attached hydrogen (secondary N) is 2. The van der Waals surface area contributed by atoms with Crippen molar-refractivity contribution in [1.82, 2.24) is 29.9 Å². The molecule has 0 aliphatic carbocycles. The monoisotopic (exact) mass is 507 g/mol. The quantitative estimate of drug-likeness (QED) is 0.303. The minimum atomic E-state index is -0.510. The van der Waals surface area contributed by atoms with E-state index in [2.05, 4.69) is 20.5 Å². The number of pyridine rings is 1. The Hall–Kier alpha value is -5.25. The number of carbonyl (C=O) groups is 1. The first-order valence-electron chi connectivity index (χ1n) is 11.8. The summed E-state index contributed by atoms with van der Waals surface area (Å²) in [5, 5.41) is 10.8. The number of amides is 1. The van der Waals surface area contributed by atoms with E-state index in [1.807, 2.05) is 53.2 Å². The minimum Gasteiger partial charge on any atom is -0.496 e. The number of anilines is 1. The molecular formula is C28H22FN7O2. The first kappa shape index (κ1) is 23.2. The lowest BCUT2D eigenvalue weighted by Crippen LogP contribution is -2.23. The summed E-state index contributed by atoms with van der Waals surface area (Å²) in [6.45, 7) is 0.251. The number of hydrogen-bond acceptors (Lipinski definition) is 6. The van der Waals surface area contributed by atoms with Crippen LogP contribution in [0.15, 0.2) is 79.4 Å². The highest BCUT2D eigenvalue weighted by Crippen LogP contribution is 2.36. The maximum Gasteiger partial charge on any atom is 0.255 e. The SMILES string of the molecule is COc1ccc(F)cc1C(=O)NCc1ccc(-c2ncc(-c3nccn4cccc34)c3[nH]nc(N)c23)cc1. The van der Waals surface area contributed by atoms with Crippen molar-refractivity contribution >= 4 is 28.1 Å². The molecule has 0 spiro atoms. The zero-order valence-electron chi connectivity index (χ0n) is 20.3. The van der Waals surface area contributed by atoms with Gasteiger partial charge >= 0.3 is 0 Å². The average Bonchev–Trinajstić information content (AvgIpc) is 3.59. The molecule has 0 fully saturated rings. The van der Waals surface area contributed by atoms with Gasteiger partial charge in [0.05, 0.1) is 40.5 Å². The van der Waals surface area contributed by atoms with Crippen LogP contribution in [0.3, 0.4) is 0 Å². The molecule has 0 aliphatic rings. The number of rotatable bonds is 6. The van der Waals surface area contributed by atoms with Crippen LogP contribution in [-0.2, 0) is 6.54 Å². The number of nitrogen functional groups attached to an aromatic ring is 1. The molecular weight excluding hydrogens is 485 g/mol. The van der Waals surface area contributed by atoms with Gasteiger partial charge in [0.15, 0.2) is 5.82 Å². The lowest BCUT2D eigenvalue weighted by molar-refractivity contribution is 0.0947. The van der Waals surface area contributed by atoms with Gasteiger partial charge in [-0.1, -0.05) is 24.3 Å². The molecule has 6 rings (SSSR count). The van der Waals surface area contributed by atoms with E-state index >= 15 is 0 Å². The normalized spacial score (nSPS) is 11.2. The summed E-state index contributed by atoms with van der Waals surface area (Å²) in [5.74, 6) is -0.294. The zero-order valence-corrected chi connectivity index (χ0v) is 20.3. The average molecular weight is 508 g/mol. The predicted octanol–water partition coefficient (Wildman–Crippen LogP) is 4.60. The third-order valence-electron chi connectivity index (χ3n) is 6.42. The number of benzene rings is 2. The Morgan fingerprint density at radius 1 is 1.11 bits per heavy atom. The number of carbonyl (C=O) groups excluding carboxylic acids is 1. The Morgan fingerprint density at radius 3 is 2.76 bits per heavy atom. The van der Waals surface area contributed by atoms with Gasteiger partial charge < -0.3 is 20.2 Å². The number of halogens is 1. The smallest absolute Gasteiger partial charge is 0.255 e. The van der Waals surface area contributed by atoms with Gasteiger partial charge in [-0.3, -0.25) is 19.9 Å². The van der Waals surface area contributed by atoms with Gasteiger partial charge in [0.25, 0.3) is 5.91 Å². The summed E-state index contributed by atoms with van der Waals surface area (Å²) in [5.41, 5.74) is 12.0. The van der Waals surface area contributed by atoms with Gasteiger partial charge in [0.2, 0.25) is 0 Å². The van der Waals surface area contributed by atoms with Crippen molar-refractivity contribution in [3.8, 4) is 28.3 Å². The second-order valence-electron chi connectivity index (χ2n) is 8.68. The highest BCUT2D eigenvalue weighted by molar-refractivity contribution is 6.07. The van der Waals surface area contributed by atoms with E-state index in [9.17, 15) is 9.18 Å². The third-order valence-corrected chi connectivity index (χ3v) is 6.42. The summed E-state index contributed by atoms with van der Waals surface area (Å²) in [7, 11) is 1.44. The Labute approximate surface area is 216 Å². The van der Waals surface area contributed by atoms with Crippen molar-refractivity contribution in [2.45, 2.75) is 6.54 Å². The van der Waals surface area contributed by atoms with Gasteiger partial charge in [-0.2, -0.15) is 5.10 Å². The van der Waals surface area contributed by atoms with Crippen LogP contribution < -0.4 is 15.8 Å². The van der Waals surface area contributed by atoms with Crippen molar-refractivity contribution in [1.29, 1.82) is 0 Å². The Bertz CT molecular complexity index is 1810. The van der Waals surface area contributed by atoms with Gasteiger partial charge in [-0.25, -0.2) is 4.39 Å². The van der Waals surface area contributed by atoms with Crippen molar-refractivity contribution in [2.75, 3.05) is 12.8 Å². The number of nitrogens with zero attached hydrogens (tertiary/aromatic N) is 4. The van der Waals surface area contributed by atoms with Gasteiger partial charge in [0.1, 0.15) is 11.6 Å². The van der Waals surface area contributed by atoms with E-state index in [1.165, 1.54) is 19.2 Å². The number of H-pyrrole nitrogens is 1.